The van der Waals surface area contributed by atoms with Gasteiger partial charge in [-0.1, -0.05) is 18.2 Å². The molecule has 2 heteroatoms. The van der Waals surface area contributed by atoms with Crippen molar-refractivity contribution in [3.05, 3.63) is 24.3 Å². The average Bonchev–Trinajstić information content (AvgIpc) is 1.87. The largest absolute Gasteiger partial charge is 0.349 e. The summed E-state index contributed by atoms with van der Waals surface area (Å²) in [6.45, 7) is 7.89. The van der Waals surface area contributed by atoms with Crippen molar-refractivity contribution in [3.63, 3.8) is 0 Å². The van der Waals surface area contributed by atoms with Gasteiger partial charge in [-0.2, -0.15) is 0 Å². The molecule has 0 heterocycles. The van der Waals surface area contributed by atoms with E-state index in [1.807, 2.05) is 19.9 Å². The standard InChI is InChI=1S/C8H13NO/c1-4-8(10)9-6-5-7(2)3/h4-5H,1,6H2,2-3H3,(H,9,10). The van der Waals surface area contributed by atoms with Crippen molar-refractivity contribution in [2.75, 3.05) is 6.54 Å². The van der Waals surface area contributed by atoms with Crippen LogP contribution in [0.3, 0.4) is 0 Å². The van der Waals surface area contributed by atoms with Gasteiger partial charge in [0.05, 0.1) is 0 Å². The van der Waals surface area contributed by atoms with E-state index in [0.717, 1.165) is 0 Å². The van der Waals surface area contributed by atoms with Gasteiger partial charge in [0.2, 0.25) is 5.91 Å². The molecule has 0 saturated carbocycles. The molecule has 0 aliphatic carbocycles. The van der Waals surface area contributed by atoms with Gasteiger partial charge in [0.25, 0.3) is 0 Å². The molecular weight excluding hydrogens is 126 g/mol. The van der Waals surface area contributed by atoms with Crippen LogP contribution in [0.2, 0.25) is 0 Å². The Kier molecular flexibility index (Phi) is 4.29. The number of carbonyl (C=O) groups excluding carboxylic acids is 1. The lowest BCUT2D eigenvalue weighted by molar-refractivity contribution is -0.116. The topological polar surface area (TPSA) is 29.1 Å². The minimum Gasteiger partial charge on any atom is -0.349 e. The third kappa shape index (κ3) is 5.09. The number of rotatable bonds is 3. The molecule has 0 aromatic rings. The third-order valence-electron chi connectivity index (χ3n) is 0.972. The van der Waals surface area contributed by atoms with Gasteiger partial charge in [-0.3, -0.25) is 4.79 Å². The van der Waals surface area contributed by atoms with Crippen LogP contribution >= 0.6 is 0 Å². The predicted molar refractivity (Wildman–Crippen MR) is 42.6 cm³/mol. The Bertz CT molecular complexity index is 155. The smallest absolute Gasteiger partial charge is 0.243 e. The summed E-state index contributed by atoms with van der Waals surface area (Å²) in [5.41, 5.74) is 1.20. The maximum Gasteiger partial charge on any atom is 0.243 e. The molecule has 0 radical (unpaired) electrons. The van der Waals surface area contributed by atoms with E-state index in [9.17, 15) is 4.79 Å². The predicted octanol–water partition coefficient (Wildman–Crippen LogP) is 1.25. The Morgan fingerprint density at radius 1 is 1.60 bits per heavy atom. The molecule has 0 aromatic carbocycles. The van der Waals surface area contributed by atoms with Crippen LogP contribution in [0.5, 0.6) is 0 Å². The number of nitrogens with one attached hydrogen (secondary N) is 1. The van der Waals surface area contributed by atoms with Crippen molar-refractivity contribution in [1.29, 1.82) is 0 Å². The Balaban J connectivity index is 3.46. The van der Waals surface area contributed by atoms with Crippen LogP contribution in [0, 0.1) is 0 Å². The minimum atomic E-state index is -0.127. The molecule has 0 bridgehead atoms. The second-order valence-electron chi connectivity index (χ2n) is 2.23. The van der Waals surface area contributed by atoms with Gasteiger partial charge in [-0.25, -0.2) is 0 Å². The maximum absolute atomic E-state index is 10.5. The second-order valence-corrected chi connectivity index (χ2v) is 2.23. The second kappa shape index (κ2) is 4.79. The van der Waals surface area contributed by atoms with Crippen molar-refractivity contribution >= 4 is 5.91 Å². The first kappa shape index (κ1) is 8.95. The van der Waals surface area contributed by atoms with Crippen molar-refractivity contribution in [1.82, 2.24) is 5.32 Å². The molecule has 56 valence electrons. The first-order valence-electron chi connectivity index (χ1n) is 3.20. The number of hydrogen-bond donors (Lipinski definition) is 1. The molecule has 10 heavy (non-hydrogen) atoms. The zero-order valence-electron chi connectivity index (χ0n) is 6.48. The fraction of sp³-hybridized carbons (Fsp3) is 0.375. The monoisotopic (exact) mass is 139 g/mol. The summed E-state index contributed by atoms with van der Waals surface area (Å²) in [6, 6.07) is 0. The Labute approximate surface area is 61.6 Å². The quantitative estimate of drug-likeness (QED) is 0.463. The number of amides is 1. The summed E-state index contributed by atoms with van der Waals surface area (Å²) in [7, 11) is 0. The number of carbonyl (C=O) groups is 1. The van der Waals surface area contributed by atoms with Gasteiger partial charge in [0.1, 0.15) is 0 Å². The summed E-state index contributed by atoms with van der Waals surface area (Å²) in [5.74, 6) is -0.127. The molecule has 1 amide bonds. The third-order valence-corrected chi connectivity index (χ3v) is 0.972. The van der Waals surface area contributed by atoms with Crippen molar-refractivity contribution in [2.45, 2.75) is 13.8 Å². The van der Waals surface area contributed by atoms with Crippen LogP contribution in [0.25, 0.3) is 0 Å². The molecule has 0 fully saturated rings. The summed E-state index contributed by atoms with van der Waals surface area (Å²) in [5, 5.41) is 2.63. The van der Waals surface area contributed by atoms with Crippen molar-refractivity contribution < 1.29 is 4.79 Å². The summed E-state index contributed by atoms with van der Waals surface area (Å²) in [4.78, 5) is 10.5. The first-order chi connectivity index (χ1) is 4.66. The lowest BCUT2D eigenvalue weighted by atomic mass is 10.3. The minimum absolute atomic E-state index is 0.127. The van der Waals surface area contributed by atoms with E-state index in [4.69, 9.17) is 0 Å². The van der Waals surface area contributed by atoms with Gasteiger partial charge in [0, 0.05) is 6.54 Å². The highest BCUT2D eigenvalue weighted by Gasteiger charge is 1.87. The average molecular weight is 139 g/mol. The zero-order chi connectivity index (χ0) is 7.98. The van der Waals surface area contributed by atoms with Crippen LogP contribution in [0.15, 0.2) is 24.3 Å². The molecule has 0 aliphatic heterocycles. The van der Waals surface area contributed by atoms with Crippen molar-refractivity contribution in [3.8, 4) is 0 Å². The lowest BCUT2D eigenvalue weighted by Crippen LogP contribution is -2.20. The fourth-order valence-electron chi connectivity index (χ4n) is 0.428. The van der Waals surface area contributed by atoms with Gasteiger partial charge < -0.3 is 5.32 Å². The molecule has 0 saturated heterocycles. The van der Waals surface area contributed by atoms with E-state index in [1.54, 1.807) is 0 Å². The van der Waals surface area contributed by atoms with Crippen LogP contribution in [0.4, 0.5) is 0 Å². The van der Waals surface area contributed by atoms with Crippen LogP contribution in [0.1, 0.15) is 13.8 Å². The van der Waals surface area contributed by atoms with Gasteiger partial charge in [-0.05, 0) is 19.9 Å². The Morgan fingerprint density at radius 3 is 2.60 bits per heavy atom. The molecule has 0 rings (SSSR count). The molecule has 0 unspecified atom stereocenters. The first-order valence-corrected chi connectivity index (χ1v) is 3.20. The van der Waals surface area contributed by atoms with Gasteiger partial charge in [0.15, 0.2) is 0 Å². The Morgan fingerprint density at radius 2 is 2.20 bits per heavy atom. The van der Waals surface area contributed by atoms with E-state index in [0.29, 0.717) is 6.54 Å². The van der Waals surface area contributed by atoms with Gasteiger partial charge in [-0.15, -0.1) is 0 Å². The highest BCUT2D eigenvalue weighted by Crippen LogP contribution is 1.84. The zero-order valence-corrected chi connectivity index (χ0v) is 6.48. The number of allylic oxidation sites excluding steroid dienone is 1. The normalized spacial score (nSPS) is 8.20. The summed E-state index contributed by atoms with van der Waals surface area (Å²) in [6.07, 6.45) is 3.21. The Hall–Kier alpha value is -1.05. The van der Waals surface area contributed by atoms with E-state index in [1.165, 1.54) is 11.6 Å². The molecule has 0 atom stereocenters. The highest BCUT2D eigenvalue weighted by atomic mass is 16.1. The maximum atomic E-state index is 10.5. The molecule has 0 aromatic heterocycles. The highest BCUT2D eigenvalue weighted by molar-refractivity contribution is 5.86. The van der Waals surface area contributed by atoms with E-state index < -0.39 is 0 Å². The molecule has 2 nitrogen and oxygen atoms in total. The summed E-state index contributed by atoms with van der Waals surface area (Å²) < 4.78 is 0. The van der Waals surface area contributed by atoms with Crippen LogP contribution < -0.4 is 5.32 Å². The summed E-state index contributed by atoms with van der Waals surface area (Å²) >= 11 is 0. The SMILES string of the molecule is C=CC(=O)NCC=C(C)C. The van der Waals surface area contributed by atoms with Crippen LogP contribution in [-0.2, 0) is 4.79 Å². The molecule has 0 aliphatic rings. The molecular formula is C8H13NO. The molecule has 1 N–H and O–H groups in total. The van der Waals surface area contributed by atoms with Gasteiger partial charge >= 0.3 is 0 Å². The molecule has 0 spiro atoms. The van der Waals surface area contributed by atoms with E-state index in [-0.39, 0.29) is 5.91 Å². The van der Waals surface area contributed by atoms with E-state index >= 15 is 0 Å². The lowest BCUT2D eigenvalue weighted by Gasteiger charge is -1.95. The van der Waals surface area contributed by atoms with Crippen molar-refractivity contribution in [2.24, 2.45) is 0 Å². The van der Waals surface area contributed by atoms with Crippen LogP contribution in [-0.4, -0.2) is 12.5 Å². The number of hydrogen-bond acceptors (Lipinski definition) is 1. The van der Waals surface area contributed by atoms with E-state index in [2.05, 4.69) is 11.9 Å². The fourth-order valence-corrected chi connectivity index (χ4v) is 0.428.